The average Bonchev–Trinajstić information content (AvgIpc) is 2.83. The van der Waals surface area contributed by atoms with Crippen LogP contribution in [0.3, 0.4) is 0 Å². The van der Waals surface area contributed by atoms with Crippen molar-refractivity contribution in [1.29, 1.82) is 0 Å². The summed E-state index contributed by atoms with van der Waals surface area (Å²) < 4.78 is 4.92. The zero-order valence-electron chi connectivity index (χ0n) is 10.6. The van der Waals surface area contributed by atoms with Crippen molar-refractivity contribution in [1.82, 2.24) is 4.98 Å². The molecule has 3 rings (SSSR count). The van der Waals surface area contributed by atoms with Gasteiger partial charge in [-0.25, -0.2) is 9.59 Å². The van der Waals surface area contributed by atoms with Crippen LogP contribution in [0.15, 0.2) is 51.7 Å². The van der Waals surface area contributed by atoms with E-state index >= 15 is 0 Å². The monoisotopic (exact) mass is 303 g/mol. The quantitative estimate of drug-likeness (QED) is 0.678. The van der Waals surface area contributed by atoms with E-state index in [1.165, 1.54) is 0 Å². The molecular weight excluding hydrogens is 294 g/mol. The van der Waals surface area contributed by atoms with E-state index in [0.717, 1.165) is 0 Å². The van der Waals surface area contributed by atoms with Gasteiger partial charge in [-0.2, -0.15) is 0 Å². The maximum atomic E-state index is 11.9. The van der Waals surface area contributed by atoms with Gasteiger partial charge < -0.3 is 15.1 Å². The van der Waals surface area contributed by atoms with Gasteiger partial charge in [0.25, 0.3) is 0 Å². The molecule has 1 aromatic heterocycles. The number of amides is 2. The second-order valence-electron chi connectivity index (χ2n) is 4.28. The number of aromatic nitrogens is 1. The van der Waals surface area contributed by atoms with Gasteiger partial charge in [-0.3, -0.25) is 4.98 Å². The van der Waals surface area contributed by atoms with Gasteiger partial charge in [0.2, 0.25) is 0 Å². The second-order valence-corrected chi connectivity index (χ2v) is 4.72. The third kappa shape index (κ3) is 2.90. The van der Waals surface area contributed by atoms with Gasteiger partial charge in [0.15, 0.2) is 5.58 Å². The van der Waals surface area contributed by atoms with Gasteiger partial charge in [-0.15, -0.1) is 0 Å². The van der Waals surface area contributed by atoms with Crippen molar-refractivity contribution in [3.63, 3.8) is 0 Å². The Morgan fingerprint density at radius 1 is 1.10 bits per heavy atom. The Hall–Kier alpha value is -2.73. The number of carbonyl (C=O) groups is 1. The highest BCUT2D eigenvalue weighted by Gasteiger charge is 2.09. The number of aromatic amines is 1. The molecule has 0 bridgehead atoms. The predicted octanol–water partition coefficient (Wildman–Crippen LogP) is 3.42. The van der Waals surface area contributed by atoms with Crippen molar-refractivity contribution in [3.05, 3.63) is 58.0 Å². The van der Waals surface area contributed by atoms with Crippen molar-refractivity contribution < 1.29 is 9.21 Å². The SMILES string of the molecule is O=C(Nc1ccc(Cl)cc1)Nc1cccc2oc(=O)[nH]c12. The van der Waals surface area contributed by atoms with Crippen LogP contribution in [0.1, 0.15) is 0 Å². The molecule has 0 radical (unpaired) electrons. The van der Waals surface area contributed by atoms with Gasteiger partial charge >= 0.3 is 11.8 Å². The Balaban J connectivity index is 1.80. The Morgan fingerprint density at radius 2 is 1.86 bits per heavy atom. The van der Waals surface area contributed by atoms with E-state index in [0.29, 0.717) is 27.5 Å². The van der Waals surface area contributed by atoms with Gasteiger partial charge in [0, 0.05) is 10.7 Å². The van der Waals surface area contributed by atoms with Crippen LogP contribution in [0, 0.1) is 0 Å². The van der Waals surface area contributed by atoms with Gasteiger partial charge in [0.1, 0.15) is 5.52 Å². The van der Waals surface area contributed by atoms with E-state index < -0.39 is 11.8 Å². The highest BCUT2D eigenvalue weighted by molar-refractivity contribution is 6.30. The lowest BCUT2D eigenvalue weighted by Gasteiger charge is -2.08. The van der Waals surface area contributed by atoms with E-state index in [-0.39, 0.29) is 0 Å². The van der Waals surface area contributed by atoms with Gasteiger partial charge in [-0.05, 0) is 36.4 Å². The van der Waals surface area contributed by atoms with E-state index in [4.69, 9.17) is 16.0 Å². The van der Waals surface area contributed by atoms with Crippen LogP contribution in [0.25, 0.3) is 11.1 Å². The molecule has 0 aliphatic carbocycles. The highest BCUT2D eigenvalue weighted by atomic mass is 35.5. The minimum Gasteiger partial charge on any atom is -0.408 e. The molecule has 0 saturated carbocycles. The summed E-state index contributed by atoms with van der Waals surface area (Å²) >= 11 is 5.77. The Kier molecular flexibility index (Phi) is 3.37. The number of carbonyl (C=O) groups excluding carboxylic acids is 1. The average molecular weight is 304 g/mol. The number of benzene rings is 2. The summed E-state index contributed by atoms with van der Waals surface area (Å²) in [4.78, 5) is 25.6. The third-order valence-electron chi connectivity index (χ3n) is 2.81. The molecule has 0 aliphatic rings. The smallest absolute Gasteiger partial charge is 0.408 e. The van der Waals surface area contributed by atoms with Crippen molar-refractivity contribution in [3.8, 4) is 0 Å². The lowest BCUT2D eigenvalue weighted by atomic mass is 10.3. The molecule has 3 N–H and O–H groups in total. The minimum atomic E-state index is -0.572. The summed E-state index contributed by atoms with van der Waals surface area (Å²) in [5.41, 5.74) is 1.87. The number of fused-ring (bicyclic) bond motifs is 1. The summed E-state index contributed by atoms with van der Waals surface area (Å²) in [5.74, 6) is -0.572. The number of para-hydroxylation sites is 1. The molecule has 0 saturated heterocycles. The normalized spacial score (nSPS) is 10.5. The zero-order chi connectivity index (χ0) is 14.8. The number of anilines is 2. The summed E-state index contributed by atoms with van der Waals surface area (Å²) in [6.07, 6.45) is 0. The number of hydrogen-bond acceptors (Lipinski definition) is 3. The first-order valence-corrected chi connectivity index (χ1v) is 6.45. The predicted molar refractivity (Wildman–Crippen MR) is 80.9 cm³/mol. The van der Waals surface area contributed by atoms with Crippen molar-refractivity contribution in [2.45, 2.75) is 0 Å². The largest absolute Gasteiger partial charge is 0.417 e. The number of hydrogen-bond donors (Lipinski definition) is 3. The van der Waals surface area contributed by atoms with Crippen molar-refractivity contribution in [2.75, 3.05) is 10.6 Å². The standard InChI is InChI=1S/C14H10ClN3O3/c15-8-4-6-9(7-5-8)16-13(19)17-10-2-1-3-11-12(10)18-14(20)21-11/h1-7H,(H,18,20)(H2,16,17,19). The van der Waals surface area contributed by atoms with Crippen LogP contribution < -0.4 is 16.4 Å². The Bertz CT molecular complexity index is 852. The molecule has 106 valence electrons. The van der Waals surface area contributed by atoms with Crippen LogP contribution in [0.5, 0.6) is 0 Å². The molecule has 0 fully saturated rings. The summed E-state index contributed by atoms with van der Waals surface area (Å²) in [7, 11) is 0. The third-order valence-corrected chi connectivity index (χ3v) is 3.06. The first-order chi connectivity index (χ1) is 10.1. The number of urea groups is 1. The van der Waals surface area contributed by atoms with Crippen LogP contribution in [0.2, 0.25) is 5.02 Å². The highest BCUT2D eigenvalue weighted by Crippen LogP contribution is 2.20. The van der Waals surface area contributed by atoms with E-state index in [2.05, 4.69) is 15.6 Å². The topological polar surface area (TPSA) is 87.1 Å². The molecule has 0 aliphatic heterocycles. The number of oxazole rings is 1. The fourth-order valence-electron chi connectivity index (χ4n) is 1.89. The fourth-order valence-corrected chi connectivity index (χ4v) is 2.02. The first-order valence-electron chi connectivity index (χ1n) is 6.07. The zero-order valence-corrected chi connectivity index (χ0v) is 11.4. The molecule has 7 heteroatoms. The number of halogens is 1. The van der Waals surface area contributed by atoms with E-state index in [9.17, 15) is 9.59 Å². The Labute approximate surface area is 123 Å². The summed E-state index contributed by atoms with van der Waals surface area (Å²) in [6.45, 7) is 0. The maximum absolute atomic E-state index is 11.9. The molecule has 2 aromatic carbocycles. The molecular formula is C14H10ClN3O3. The van der Waals surface area contributed by atoms with Crippen LogP contribution in [-0.4, -0.2) is 11.0 Å². The van der Waals surface area contributed by atoms with Crippen molar-refractivity contribution in [2.24, 2.45) is 0 Å². The second kappa shape index (κ2) is 5.34. The van der Waals surface area contributed by atoms with Crippen molar-refractivity contribution >= 4 is 40.1 Å². The molecule has 21 heavy (non-hydrogen) atoms. The van der Waals surface area contributed by atoms with Gasteiger partial charge in [-0.1, -0.05) is 17.7 Å². The van der Waals surface area contributed by atoms with Gasteiger partial charge in [0.05, 0.1) is 5.69 Å². The molecule has 0 atom stereocenters. The molecule has 2 amide bonds. The van der Waals surface area contributed by atoms with Crippen LogP contribution in [-0.2, 0) is 0 Å². The molecule has 1 heterocycles. The Morgan fingerprint density at radius 3 is 2.62 bits per heavy atom. The first kappa shape index (κ1) is 13.3. The number of H-pyrrole nitrogens is 1. The van der Waals surface area contributed by atoms with Crippen LogP contribution in [0.4, 0.5) is 16.2 Å². The van der Waals surface area contributed by atoms with Crippen LogP contribution >= 0.6 is 11.6 Å². The number of rotatable bonds is 2. The minimum absolute atomic E-state index is 0.379. The maximum Gasteiger partial charge on any atom is 0.417 e. The fraction of sp³-hybridized carbons (Fsp3) is 0. The molecule has 0 unspecified atom stereocenters. The lowest BCUT2D eigenvalue weighted by molar-refractivity contribution is 0.262. The molecule has 6 nitrogen and oxygen atoms in total. The molecule has 0 spiro atoms. The molecule has 3 aromatic rings. The lowest BCUT2D eigenvalue weighted by Crippen LogP contribution is -2.19. The van der Waals surface area contributed by atoms with E-state index in [1.54, 1.807) is 42.5 Å². The van der Waals surface area contributed by atoms with E-state index in [1.807, 2.05) is 0 Å². The number of nitrogens with one attached hydrogen (secondary N) is 3. The summed E-state index contributed by atoms with van der Waals surface area (Å²) in [5, 5.41) is 5.89. The summed E-state index contributed by atoms with van der Waals surface area (Å²) in [6, 6.07) is 11.2.